The quantitative estimate of drug-likeness (QED) is 0.690. The number of amides is 3. The molecule has 0 saturated carbocycles. The molecule has 0 radical (unpaired) electrons. The monoisotopic (exact) mass is 374 g/mol. The molecule has 7 nitrogen and oxygen atoms in total. The first-order chi connectivity index (χ1) is 13.1. The Morgan fingerprint density at radius 3 is 2.48 bits per heavy atom. The van der Waals surface area contributed by atoms with Gasteiger partial charge in [-0.3, -0.25) is 19.3 Å². The highest BCUT2D eigenvalue weighted by Gasteiger charge is 2.20. The zero-order valence-electron chi connectivity index (χ0n) is 16.1. The molecule has 1 aromatic rings. The van der Waals surface area contributed by atoms with Gasteiger partial charge in [-0.2, -0.15) is 0 Å². The number of carbonyl (C=O) groups excluding carboxylic acids is 3. The van der Waals surface area contributed by atoms with Gasteiger partial charge in [0.2, 0.25) is 17.7 Å². The number of likely N-dealkylation sites (N-methyl/N-ethyl adjacent to an activating group) is 1. The molecule has 1 fully saturated rings. The molecule has 0 spiro atoms. The predicted octanol–water partition coefficient (Wildman–Crippen LogP) is 0.406. The number of nitrogens with one attached hydrogen (secondary N) is 2. The number of carbonyl (C=O) groups is 3. The van der Waals surface area contributed by atoms with Gasteiger partial charge in [-0.15, -0.1) is 0 Å². The van der Waals surface area contributed by atoms with E-state index in [4.69, 9.17) is 0 Å². The Labute approximate surface area is 161 Å². The van der Waals surface area contributed by atoms with Crippen molar-refractivity contribution in [2.75, 3.05) is 45.8 Å². The fourth-order valence-electron chi connectivity index (χ4n) is 3.15. The van der Waals surface area contributed by atoms with E-state index in [1.54, 1.807) is 0 Å². The van der Waals surface area contributed by atoms with Crippen LogP contribution in [-0.4, -0.2) is 73.3 Å². The van der Waals surface area contributed by atoms with Crippen LogP contribution in [0.15, 0.2) is 30.3 Å². The van der Waals surface area contributed by atoms with Gasteiger partial charge in [0, 0.05) is 45.7 Å². The van der Waals surface area contributed by atoms with E-state index in [-0.39, 0.29) is 17.7 Å². The van der Waals surface area contributed by atoms with Crippen LogP contribution in [0.2, 0.25) is 0 Å². The Kier molecular flexibility index (Phi) is 8.77. The Hall–Kier alpha value is -2.41. The lowest BCUT2D eigenvalue weighted by Crippen LogP contribution is -2.40. The van der Waals surface area contributed by atoms with E-state index in [9.17, 15) is 14.4 Å². The summed E-state index contributed by atoms with van der Waals surface area (Å²) in [5.74, 6) is 0.00579. The molecule has 2 rings (SSSR count). The van der Waals surface area contributed by atoms with Crippen molar-refractivity contribution in [3.63, 3.8) is 0 Å². The highest BCUT2D eigenvalue weighted by atomic mass is 16.2. The van der Waals surface area contributed by atoms with E-state index >= 15 is 0 Å². The fraction of sp³-hybridized carbons (Fsp3) is 0.550. The van der Waals surface area contributed by atoms with Gasteiger partial charge in [0.15, 0.2) is 0 Å². The molecule has 1 heterocycles. The minimum atomic E-state index is -0.0713. The van der Waals surface area contributed by atoms with Crippen molar-refractivity contribution < 1.29 is 14.4 Å². The van der Waals surface area contributed by atoms with Crippen molar-refractivity contribution in [3.8, 4) is 0 Å². The summed E-state index contributed by atoms with van der Waals surface area (Å²) in [6.45, 7) is 6.10. The van der Waals surface area contributed by atoms with E-state index in [1.807, 2.05) is 42.2 Å². The number of nitrogens with zero attached hydrogens (tertiary/aromatic N) is 2. The summed E-state index contributed by atoms with van der Waals surface area (Å²) in [6.07, 6.45) is 1.48. The van der Waals surface area contributed by atoms with Crippen LogP contribution < -0.4 is 10.6 Å². The first-order valence-corrected chi connectivity index (χ1v) is 9.66. The number of benzene rings is 1. The highest BCUT2D eigenvalue weighted by Crippen LogP contribution is 2.05. The molecule has 7 heteroatoms. The number of hydrogen-bond donors (Lipinski definition) is 2. The van der Waals surface area contributed by atoms with Crippen molar-refractivity contribution in [2.24, 2.45) is 0 Å². The van der Waals surface area contributed by atoms with Crippen LogP contribution in [0.3, 0.4) is 0 Å². The Morgan fingerprint density at radius 1 is 0.963 bits per heavy atom. The lowest BCUT2D eigenvalue weighted by molar-refractivity contribution is -0.131. The Balaban J connectivity index is 1.67. The molecular formula is C20H30N4O3. The van der Waals surface area contributed by atoms with Gasteiger partial charge in [-0.05, 0) is 18.9 Å². The highest BCUT2D eigenvalue weighted by molar-refractivity contribution is 5.80. The fourth-order valence-corrected chi connectivity index (χ4v) is 3.15. The largest absolute Gasteiger partial charge is 0.355 e. The Morgan fingerprint density at radius 2 is 1.74 bits per heavy atom. The summed E-state index contributed by atoms with van der Waals surface area (Å²) in [6, 6.07) is 9.54. The average molecular weight is 374 g/mol. The second kappa shape index (κ2) is 11.3. The van der Waals surface area contributed by atoms with Crippen molar-refractivity contribution in [1.29, 1.82) is 0 Å². The second-order valence-electron chi connectivity index (χ2n) is 6.73. The SMILES string of the molecule is CCNC(=O)CN1CCCN(C(=O)CCNC(=O)Cc2ccccc2)CC1. The number of rotatable bonds is 8. The smallest absolute Gasteiger partial charge is 0.234 e. The molecule has 1 saturated heterocycles. The van der Waals surface area contributed by atoms with Crippen LogP contribution in [0, 0.1) is 0 Å². The van der Waals surface area contributed by atoms with Gasteiger partial charge in [0.1, 0.15) is 0 Å². The van der Waals surface area contributed by atoms with Crippen molar-refractivity contribution in [1.82, 2.24) is 20.4 Å². The normalized spacial score (nSPS) is 15.1. The minimum absolute atomic E-state index is 0.0263. The van der Waals surface area contributed by atoms with Crippen LogP contribution in [-0.2, 0) is 20.8 Å². The average Bonchev–Trinajstić information content (AvgIpc) is 2.88. The number of hydrogen-bond acceptors (Lipinski definition) is 4. The van der Waals surface area contributed by atoms with E-state index in [0.29, 0.717) is 52.1 Å². The summed E-state index contributed by atoms with van der Waals surface area (Å²) in [4.78, 5) is 40.0. The van der Waals surface area contributed by atoms with Crippen LogP contribution in [0.1, 0.15) is 25.3 Å². The van der Waals surface area contributed by atoms with Crippen LogP contribution in [0.4, 0.5) is 0 Å². The molecule has 2 N–H and O–H groups in total. The third kappa shape index (κ3) is 7.78. The summed E-state index contributed by atoms with van der Waals surface area (Å²) >= 11 is 0. The molecule has 0 bridgehead atoms. The molecule has 0 unspecified atom stereocenters. The first kappa shape index (κ1) is 20.9. The molecule has 148 valence electrons. The van der Waals surface area contributed by atoms with Gasteiger partial charge >= 0.3 is 0 Å². The zero-order chi connectivity index (χ0) is 19.5. The standard InChI is InChI=1S/C20H30N4O3/c1-2-21-19(26)16-23-11-6-12-24(14-13-23)20(27)9-10-22-18(25)15-17-7-4-3-5-8-17/h3-5,7-8H,2,6,9-16H2,1H3,(H,21,26)(H,22,25). The second-order valence-corrected chi connectivity index (χ2v) is 6.73. The topological polar surface area (TPSA) is 81.8 Å². The zero-order valence-corrected chi connectivity index (χ0v) is 16.1. The molecule has 1 aromatic carbocycles. The molecule has 1 aliphatic heterocycles. The third-order valence-corrected chi connectivity index (χ3v) is 4.55. The third-order valence-electron chi connectivity index (χ3n) is 4.55. The maximum atomic E-state index is 12.4. The van der Waals surface area contributed by atoms with Gasteiger partial charge in [0.25, 0.3) is 0 Å². The molecule has 0 aromatic heterocycles. The predicted molar refractivity (Wildman–Crippen MR) is 104 cm³/mol. The maximum absolute atomic E-state index is 12.4. The van der Waals surface area contributed by atoms with E-state index < -0.39 is 0 Å². The lowest BCUT2D eigenvalue weighted by Gasteiger charge is -2.21. The van der Waals surface area contributed by atoms with Gasteiger partial charge in [-0.1, -0.05) is 30.3 Å². The minimum Gasteiger partial charge on any atom is -0.355 e. The van der Waals surface area contributed by atoms with Gasteiger partial charge in [-0.25, -0.2) is 0 Å². The molecule has 1 aliphatic rings. The van der Waals surface area contributed by atoms with E-state index in [2.05, 4.69) is 15.5 Å². The van der Waals surface area contributed by atoms with Crippen LogP contribution >= 0.6 is 0 Å². The van der Waals surface area contributed by atoms with E-state index in [1.165, 1.54) is 0 Å². The van der Waals surface area contributed by atoms with Gasteiger partial charge in [0.05, 0.1) is 13.0 Å². The van der Waals surface area contributed by atoms with Gasteiger partial charge < -0.3 is 15.5 Å². The molecule has 27 heavy (non-hydrogen) atoms. The van der Waals surface area contributed by atoms with Crippen molar-refractivity contribution >= 4 is 17.7 Å². The van der Waals surface area contributed by atoms with Crippen LogP contribution in [0.25, 0.3) is 0 Å². The molecular weight excluding hydrogens is 344 g/mol. The summed E-state index contributed by atoms with van der Waals surface area (Å²) in [5, 5.41) is 5.62. The molecule has 0 aliphatic carbocycles. The van der Waals surface area contributed by atoms with Crippen molar-refractivity contribution in [3.05, 3.63) is 35.9 Å². The van der Waals surface area contributed by atoms with Crippen molar-refractivity contribution in [2.45, 2.75) is 26.2 Å². The molecule has 0 atom stereocenters. The summed E-state index contributed by atoms with van der Waals surface area (Å²) in [7, 11) is 0. The Bertz CT molecular complexity index is 621. The molecule has 3 amide bonds. The van der Waals surface area contributed by atoms with E-state index in [0.717, 1.165) is 18.5 Å². The first-order valence-electron chi connectivity index (χ1n) is 9.66. The van der Waals surface area contributed by atoms with Crippen LogP contribution in [0.5, 0.6) is 0 Å². The lowest BCUT2D eigenvalue weighted by atomic mass is 10.1. The summed E-state index contributed by atoms with van der Waals surface area (Å²) < 4.78 is 0. The maximum Gasteiger partial charge on any atom is 0.234 e. The summed E-state index contributed by atoms with van der Waals surface area (Å²) in [5.41, 5.74) is 0.959.